The van der Waals surface area contributed by atoms with Crippen molar-refractivity contribution in [2.24, 2.45) is 17.8 Å². The van der Waals surface area contributed by atoms with E-state index in [0.29, 0.717) is 29.8 Å². The highest BCUT2D eigenvalue weighted by atomic mass is 35.5. The molecule has 1 amide bonds. The van der Waals surface area contributed by atoms with Crippen LogP contribution in [0.25, 0.3) is 5.69 Å². The number of rotatable bonds is 9. The van der Waals surface area contributed by atoms with Gasteiger partial charge in [0.25, 0.3) is 0 Å². The van der Waals surface area contributed by atoms with Gasteiger partial charge in [0.1, 0.15) is 0 Å². The third kappa shape index (κ3) is 5.74. The zero-order valence-corrected chi connectivity index (χ0v) is 20.7. The highest BCUT2D eigenvalue weighted by molar-refractivity contribution is 6.30. The maximum absolute atomic E-state index is 13.1. The molecule has 2 heterocycles. The monoisotopic (exact) mass is 456 g/mol. The van der Waals surface area contributed by atoms with Crippen LogP contribution in [-0.4, -0.2) is 45.1 Å². The summed E-state index contributed by atoms with van der Waals surface area (Å²) in [6, 6.07) is 7.92. The molecule has 0 atom stereocenters. The minimum Gasteiger partial charge on any atom is -0.336 e. The molecule has 1 saturated carbocycles. The first-order valence-electron chi connectivity index (χ1n) is 12.2. The molecule has 0 radical (unpaired) electrons. The maximum atomic E-state index is 13.1. The topological polar surface area (TPSA) is 41.4 Å². The molecular formula is C26H37ClN4O. The van der Waals surface area contributed by atoms with Crippen LogP contribution in [0.5, 0.6) is 0 Å². The van der Waals surface area contributed by atoms with E-state index in [0.717, 1.165) is 43.4 Å². The van der Waals surface area contributed by atoms with Crippen molar-refractivity contribution in [2.75, 3.05) is 19.6 Å². The van der Waals surface area contributed by atoms with E-state index in [1.54, 1.807) is 0 Å². The number of nitrogens with zero attached hydrogens (tertiary/aromatic N) is 4. The van der Waals surface area contributed by atoms with Crippen LogP contribution in [-0.2, 0) is 24.3 Å². The second-order valence-electron chi connectivity index (χ2n) is 10.5. The Kier molecular flexibility index (Phi) is 7.26. The standard InChI is InChI=1S/C26H37ClN4O/c1-18(2)12-26(32)30(14-19(3)4)17-24-23-16-29(15-20-8-9-20)11-10-25(23)31(28-24)22-7-5-6-21(27)13-22/h5-7,13,18-20H,8-12,14-17H2,1-4H3. The summed E-state index contributed by atoms with van der Waals surface area (Å²) in [5, 5.41) is 5.79. The number of hydrogen-bond donors (Lipinski definition) is 0. The predicted molar refractivity (Wildman–Crippen MR) is 130 cm³/mol. The third-order valence-electron chi connectivity index (χ3n) is 6.35. The fourth-order valence-corrected chi connectivity index (χ4v) is 4.85. The molecule has 6 heteroatoms. The summed E-state index contributed by atoms with van der Waals surface area (Å²) < 4.78 is 2.07. The van der Waals surface area contributed by atoms with Crippen molar-refractivity contribution < 1.29 is 4.79 Å². The minimum atomic E-state index is 0.227. The van der Waals surface area contributed by atoms with Gasteiger partial charge in [-0.15, -0.1) is 0 Å². The van der Waals surface area contributed by atoms with E-state index < -0.39 is 0 Å². The van der Waals surface area contributed by atoms with E-state index in [4.69, 9.17) is 16.7 Å². The smallest absolute Gasteiger partial charge is 0.223 e. The first-order valence-corrected chi connectivity index (χ1v) is 12.5. The average molecular weight is 457 g/mol. The SMILES string of the molecule is CC(C)CC(=O)N(Cc1nn(-c2cccc(Cl)c2)c2c1CN(CC1CC1)CC2)CC(C)C. The molecule has 1 aromatic carbocycles. The summed E-state index contributed by atoms with van der Waals surface area (Å²) >= 11 is 6.30. The molecule has 5 nitrogen and oxygen atoms in total. The Morgan fingerprint density at radius 3 is 2.66 bits per heavy atom. The highest BCUT2D eigenvalue weighted by Gasteiger charge is 2.31. The molecule has 174 valence electrons. The van der Waals surface area contributed by atoms with Crippen LogP contribution in [0.2, 0.25) is 5.02 Å². The number of fused-ring (bicyclic) bond motifs is 1. The first kappa shape index (κ1) is 23.3. The average Bonchev–Trinajstić information content (AvgIpc) is 3.46. The van der Waals surface area contributed by atoms with Crippen molar-refractivity contribution in [2.45, 2.75) is 66.5 Å². The quantitative estimate of drug-likeness (QED) is 0.512. The normalized spacial score (nSPS) is 16.6. The Morgan fingerprint density at radius 2 is 2.00 bits per heavy atom. The fraction of sp³-hybridized carbons (Fsp3) is 0.615. The number of carbonyl (C=O) groups excluding carboxylic acids is 1. The zero-order valence-electron chi connectivity index (χ0n) is 20.0. The van der Waals surface area contributed by atoms with Crippen LogP contribution in [0.4, 0.5) is 0 Å². The van der Waals surface area contributed by atoms with Crippen molar-refractivity contribution in [1.82, 2.24) is 19.6 Å². The third-order valence-corrected chi connectivity index (χ3v) is 6.58. The van der Waals surface area contributed by atoms with E-state index in [-0.39, 0.29) is 5.91 Å². The molecular weight excluding hydrogens is 420 g/mol. The van der Waals surface area contributed by atoms with Gasteiger partial charge in [0.05, 0.1) is 23.6 Å². The van der Waals surface area contributed by atoms with Gasteiger partial charge in [-0.25, -0.2) is 4.68 Å². The van der Waals surface area contributed by atoms with E-state index in [1.807, 2.05) is 23.1 Å². The Labute approximate surface area is 197 Å². The summed E-state index contributed by atoms with van der Waals surface area (Å²) in [6.07, 6.45) is 4.29. The molecule has 0 spiro atoms. The predicted octanol–water partition coefficient (Wildman–Crippen LogP) is 5.32. The van der Waals surface area contributed by atoms with Gasteiger partial charge in [-0.1, -0.05) is 45.4 Å². The lowest BCUT2D eigenvalue weighted by Gasteiger charge is -2.29. The lowest BCUT2D eigenvalue weighted by atomic mass is 10.0. The van der Waals surface area contributed by atoms with E-state index in [9.17, 15) is 4.79 Å². The Hall–Kier alpha value is -1.85. The number of amides is 1. The van der Waals surface area contributed by atoms with Gasteiger partial charge in [0.2, 0.25) is 5.91 Å². The van der Waals surface area contributed by atoms with Crippen LogP contribution >= 0.6 is 11.6 Å². The molecule has 1 aliphatic heterocycles. The van der Waals surface area contributed by atoms with Crippen LogP contribution < -0.4 is 0 Å². The molecule has 32 heavy (non-hydrogen) atoms. The van der Waals surface area contributed by atoms with Crippen molar-refractivity contribution in [3.63, 3.8) is 0 Å². The Balaban J connectivity index is 1.67. The molecule has 2 aromatic rings. The molecule has 0 N–H and O–H groups in total. The molecule has 0 unspecified atom stereocenters. The zero-order chi connectivity index (χ0) is 22.8. The molecule has 0 saturated heterocycles. The Bertz CT molecular complexity index is 947. The van der Waals surface area contributed by atoms with Gasteiger partial charge in [-0.05, 0) is 48.8 Å². The molecule has 1 aliphatic carbocycles. The number of halogens is 1. The summed E-state index contributed by atoms with van der Waals surface area (Å²) in [5.41, 5.74) is 4.62. The number of hydrogen-bond acceptors (Lipinski definition) is 3. The van der Waals surface area contributed by atoms with Gasteiger partial charge >= 0.3 is 0 Å². The summed E-state index contributed by atoms with van der Waals surface area (Å²) in [4.78, 5) is 17.7. The van der Waals surface area contributed by atoms with Crippen LogP contribution in [0.15, 0.2) is 24.3 Å². The highest BCUT2D eigenvalue weighted by Crippen LogP contribution is 2.33. The maximum Gasteiger partial charge on any atom is 0.223 e. The van der Waals surface area contributed by atoms with Crippen LogP contribution in [0.3, 0.4) is 0 Å². The number of benzene rings is 1. The van der Waals surface area contributed by atoms with Crippen molar-refractivity contribution in [3.8, 4) is 5.69 Å². The van der Waals surface area contributed by atoms with E-state index in [1.165, 1.54) is 30.6 Å². The number of aromatic nitrogens is 2. The molecule has 2 aliphatic rings. The first-order chi connectivity index (χ1) is 15.3. The lowest BCUT2D eigenvalue weighted by molar-refractivity contribution is -0.133. The second kappa shape index (κ2) is 9.96. The van der Waals surface area contributed by atoms with Crippen molar-refractivity contribution in [1.29, 1.82) is 0 Å². The lowest BCUT2D eigenvalue weighted by Crippen LogP contribution is -2.36. The molecule has 0 bridgehead atoms. The van der Waals surface area contributed by atoms with Crippen LogP contribution in [0.1, 0.15) is 63.9 Å². The van der Waals surface area contributed by atoms with Gasteiger partial charge in [0, 0.05) is 49.6 Å². The number of carbonyl (C=O) groups is 1. The van der Waals surface area contributed by atoms with Crippen molar-refractivity contribution >= 4 is 17.5 Å². The summed E-state index contributed by atoms with van der Waals surface area (Å²) in [5.74, 6) is 1.87. The molecule has 1 aromatic heterocycles. The fourth-order valence-electron chi connectivity index (χ4n) is 4.67. The largest absolute Gasteiger partial charge is 0.336 e. The Morgan fingerprint density at radius 1 is 1.22 bits per heavy atom. The summed E-state index contributed by atoms with van der Waals surface area (Å²) in [6.45, 7) is 13.1. The van der Waals surface area contributed by atoms with E-state index in [2.05, 4.69) is 43.3 Å². The van der Waals surface area contributed by atoms with Gasteiger partial charge in [-0.2, -0.15) is 5.10 Å². The van der Waals surface area contributed by atoms with Gasteiger partial charge < -0.3 is 4.90 Å². The van der Waals surface area contributed by atoms with Gasteiger partial charge in [-0.3, -0.25) is 9.69 Å². The summed E-state index contributed by atoms with van der Waals surface area (Å²) in [7, 11) is 0. The second-order valence-corrected chi connectivity index (χ2v) is 10.9. The van der Waals surface area contributed by atoms with Gasteiger partial charge in [0.15, 0.2) is 0 Å². The minimum absolute atomic E-state index is 0.227. The molecule has 1 fully saturated rings. The van der Waals surface area contributed by atoms with Crippen LogP contribution in [0, 0.1) is 17.8 Å². The van der Waals surface area contributed by atoms with E-state index >= 15 is 0 Å². The van der Waals surface area contributed by atoms with Crippen molar-refractivity contribution in [3.05, 3.63) is 46.2 Å². The molecule has 4 rings (SSSR count).